The summed E-state index contributed by atoms with van der Waals surface area (Å²) in [5, 5.41) is 8.38. The summed E-state index contributed by atoms with van der Waals surface area (Å²) in [5.74, 6) is 0.646. The van der Waals surface area contributed by atoms with E-state index >= 15 is 0 Å². The highest BCUT2D eigenvalue weighted by Gasteiger charge is 1.87. The highest BCUT2D eigenvalue weighted by atomic mass is 16.5. The van der Waals surface area contributed by atoms with E-state index in [0.717, 1.165) is 0 Å². The van der Waals surface area contributed by atoms with Crippen LogP contribution in [0.3, 0.4) is 0 Å². The fraction of sp³-hybridized carbons (Fsp3) is 0.250. The number of ether oxygens (including phenoxy) is 1. The Labute approximate surface area is 60.1 Å². The number of aliphatic hydroxyl groups excluding tert-OH is 1. The zero-order chi connectivity index (χ0) is 7.23. The first-order valence-electron chi connectivity index (χ1n) is 3.05. The molecule has 0 atom stereocenters. The van der Waals surface area contributed by atoms with Gasteiger partial charge in [-0.3, -0.25) is 0 Å². The Hall–Kier alpha value is -1.02. The van der Waals surface area contributed by atoms with Gasteiger partial charge in [0.1, 0.15) is 12.4 Å². The molecule has 0 fully saturated rings. The van der Waals surface area contributed by atoms with E-state index in [4.69, 9.17) is 9.84 Å². The standard InChI is InChI=1S/C8H8O2/c9-6-7-10-8-4-2-1-3-5-8/h2-4,9H,6-7H2. The summed E-state index contributed by atoms with van der Waals surface area (Å²) in [6.07, 6.45) is 0. The number of aliphatic hydroxyl groups is 1. The quantitative estimate of drug-likeness (QED) is 0.661. The van der Waals surface area contributed by atoms with Crippen molar-refractivity contribution in [1.82, 2.24) is 0 Å². The third-order valence-corrected chi connectivity index (χ3v) is 0.978. The highest BCUT2D eigenvalue weighted by Crippen LogP contribution is 2.05. The predicted molar refractivity (Wildman–Crippen MR) is 36.7 cm³/mol. The molecule has 2 radical (unpaired) electrons. The molecule has 2 heteroatoms. The Morgan fingerprint density at radius 3 is 3.10 bits per heavy atom. The Morgan fingerprint density at radius 2 is 2.50 bits per heavy atom. The van der Waals surface area contributed by atoms with Crippen LogP contribution in [0.2, 0.25) is 0 Å². The first kappa shape index (κ1) is 7.09. The molecule has 1 aromatic carbocycles. The lowest BCUT2D eigenvalue weighted by Crippen LogP contribution is -2.00. The minimum absolute atomic E-state index is 0.0342. The van der Waals surface area contributed by atoms with Crippen molar-refractivity contribution >= 4 is 0 Å². The molecule has 1 rings (SSSR count). The van der Waals surface area contributed by atoms with E-state index in [0.29, 0.717) is 12.4 Å². The van der Waals surface area contributed by atoms with E-state index in [1.165, 1.54) is 0 Å². The van der Waals surface area contributed by atoms with Gasteiger partial charge < -0.3 is 9.84 Å². The highest BCUT2D eigenvalue weighted by molar-refractivity contribution is 5.18. The average Bonchev–Trinajstić information content (AvgIpc) is 2.03. The molecule has 0 unspecified atom stereocenters. The molecule has 0 amide bonds. The Bertz CT molecular complexity index is 172. The lowest BCUT2D eigenvalue weighted by Gasteiger charge is -2.00. The van der Waals surface area contributed by atoms with Gasteiger partial charge in [-0.25, -0.2) is 0 Å². The first-order chi connectivity index (χ1) is 4.93. The van der Waals surface area contributed by atoms with E-state index < -0.39 is 0 Å². The molecule has 52 valence electrons. The molecule has 0 aliphatic heterocycles. The lowest BCUT2D eigenvalue weighted by atomic mass is 10.3. The largest absolute Gasteiger partial charge is 0.491 e. The maximum absolute atomic E-state index is 8.38. The van der Waals surface area contributed by atoms with Gasteiger partial charge in [-0.2, -0.15) is 0 Å². The summed E-state index contributed by atoms with van der Waals surface area (Å²) in [6, 6.07) is 10.8. The van der Waals surface area contributed by atoms with Gasteiger partial charge in [-0.1, -0.05) is 6.07 Å². The molecule has 1 N–H and O–H groups in total. The second kappa shape index (κ2) is 3.90. The van der Waals surface area contributed by atoms with Crippen molar-refractivity contribution in [3.05, 3.63) is 30.3 Å². The van der Waals surface area contributed by atoms with E-state index in [2.05, 4.69) is 12.1 Å². The van der Waals surface area contributed by atoms with Crippen LogP contribution in [0.1, 0.15) is 0 Å². The zero-order valence-corrected chi connectivity index (χ0v) is 5.50. The van der Waals surface area contributed by atoms with Gasteiger partial charge in [-0.15, -0.1) is 0 Å². The van der Waals surface area contributed by atoms with E-state index in [1.54, 1.807) is 18.2 Å². The topological polar surface area (TPSA) is 29.5 Å². The molecule has 0 aliphatic carbocycles. The van der Waals surface area contributed by atoms with Crippen LogP contribution in [0, 0.1) is 12.1 Å². The monoisotopic (exact) mass is 136 g/mol. The van der Waals surface area contributed by atoms with Gasteiger partial charge in [0.25, 0.3) is 0 Å². The Kier molecular flexibility index (Phi) is 2.77. The fourth-order valence-electron chi connectivity index (χ4n) is 0.578. The van der Waals surface area contributed by atoms with E-state index in [-0.39, 0.29) is 6.61 Å². The Morgan fingerprint density at radius 1 is 1.60 bits per heavy atom. The molecule has 10 heavy (non-hydrogen) atoms. The molecule has 1 aromatic rings. The molecule has 0 saturated carbocycles. The van der Waals surface area contributed by atoms with Gasteiger partial charge in [0, 0.05) is 6.07 Å². The van der Waals surface area contributed by atoms with E-state index in [9.17, 15) is 0 Å². The van der Waals surface area contributed by atoms with Gasteiger partial charge in [0.2, 0.25) is 0 Å². The number of hydrogen-bond acceptors (Lipinski definition) is 2. The number of benzene rings is 1. The number of rotatable bonds is 3. The van der Waals surface area contributed by atoms with Crippen LogP contribution in [0.5, 0.6) is 5.75 Å². The van der Waals surface area contributed by atoms with Crippen molar-refractivity contribution in [2.75, 3.05) is 13.2 Å². The first-order valence-corrected chi connectivity index (χ1v) is 3.05. The van der Waals surface area contributed by atoms with Gasteiger partial charge in [-0.05, 0) is 18.2 Å². The van der Waals surface area contributed by atoms with Gasteiger partial charge in [0.15, 0.2) is 0 Å². The van der Waals surface area contributed by atoms with Crippen molar-refractivity contribution in [1.29, 1.82) is 0 Å². The van der Waals surface area contributed by atoms with Crippen LogP contribution >= 0.6 is 0 Å². The van der Waals surface area contributed by atoms with Crippen LogP contribution in [-0.2, 0) is 0 Å². The normalized spacial score (nSPS) is 9.30. The van der Waals surface area contributed by atoms with Gasteiger partial charge in [0.05, 0.1) is 6.61 Å². The molecule has 0 aromatic heterocycles. The zero-order valence-electron chi connectivity index (χ0n) is 5.50. The lowest BCUT2D eigenvalue weighted by molar-refractivity contribution is 0.201. The van der Waals surface area contributed by atoms with Crippen molar-refractivity contribution in [3.63, 3.8) is 0 Å². The summed E-state index contributed by atoms with van der Waals surface area (Å²) in [6.45, 7) is 0.354. The smallest absolute Gasteiger partial charge is 0.127 e. The average molecular weight is 136 g/mol. The summed E-state index contributed by atoms with van der Waals surface area (Å²) >= 11 is 0. The predicted octanol–water partition coefficient (Wildman–Crippen LogP) is 0.658. The molecule has 0 aliphatic rings. The van der Waals surface area contributed by atoms with Crippen LogP contribution in [0.4, 0.5) is 0 Å². The SMILES string of the molecule is OCCOc1[c]c[c]cc1. The maximum Gasteiger partial charge on any atom is 0.127 e. The maximum atomic E-state index is 8.38. The van der Waals surface area contributed by atoms with Crippen molar-refractivity contribution < 1.29 is 9.84 Å². The molecular formula is C8H8O2. The third-order valence-electron chi connectivity index (χ3n) is 0.978. The molecule has 0 saturated heterocycles. The van der Waals surface area contributed by atoms with Crippen molar-refractivity contribution in [3.8, 4) is 5.75 Å². The van der Waals surface area contributed by atoms with E-state index in [1.807, 2.05) is 0 Å². The minimum Gasteiger partial charge on any atom is -0.491 e. The van der Waals surface area contributed by atoms with Crippen molar-refractivity contribution in [2.24, 2.45) is 0 Å². The number of hydrogen-bond donors (Lipinski definition) is 1. The van der Waals surface area contributed by atoms with Crippen LogP contribution < -0.4 is 4.74 Å². The summed E-state index contributed by atoms with van der Waals surface area (Å²) in [5.41, 5.74) is 0. The van der Waals surface area contributed by atoms with Crippen molar-refractivity contribution in [2.45, 2.75) is 0 Å². The third kappa shape index (κ3) is 2.07. The Balaban J connectivity index is 2.43. The van der Waals surface area contributed by atoms with Gasteiger partial charge >= 0.3 is 0 Å². The molecule has 0 bridgehead atoms. The molecule has 0 spiro atoms. The van der Waals surface area contributed by atoms with Crippen LogP contribution in [0.15, 0.2) is 18.2 Å². The summed E-state index contributed by atoms with van der Waals surface area (Å²) < 4.78 is 5.03. The second-order valence-corrected chi connectivity index (χ2v) is 1.72. The molecule has 0 heterocycles. The summed E-state index contributed by atoms with van der Waals surface area (Å²) in [7, 11) is 0. The fourth-order valence-corrected chi connectivity index (χ4v) is 0.578. The van der Waals surface area contributed by atoms with Crippen LogP contribution in [0.25, 0.3) is 0 Å². The summed E-state index contributed by atoms with van der Waals surface area (Å²) in [4.78, 5) is 0. The second-order valence-electron chi connectivity index (χ2n) is 1.72. The molecular weight excluding hydrogens is 128 g/mol. The minimum atomic E-state index is 0.0342. The van der Waals surface area contributed by atoms with Crippen LogP contribution in [-0.4, -0.2) is 18.3 Å². The molecule has 2 nitrogen and oxygen atoms in total.